The van der Waals surface area contributed by atoms with Crippen LogP contribution >= 0.6 is 15.9 Å². The minimum atomic E-state index is 0.313. The number of piperidine rings is 1. The van der Waals surface area contributed by atoms with E-state index in [1.54, 1.807) is 18.7 Å². The zero-order valence-electron chi connectivity index (χ0n) is 11.1. The molecule has 1 fully saturated rings. The van der Waals surface area contributed by atoms with E-state index in [0.717, 1.165) is 42.5 Å². The lowest BCUT2D eigenvalue weighted by atomic mass is 10.0. The summed E-state index contributed by atoms with van der Waals surface area (Å²) in [6, 6.07) is 5.80. The van der Waals surface area contributed by atoms with Crippen LogP contribution in [0.15, 0.2) is 35.3 Å². The van der Waals surface area contributed by atoms with Crippen molar-refractivity contribution in [2.24, 2.45) is 0 Å². The Balaban J connectivity index is 1.70. The number of halogens is 1. The van der Waals surface area contributed by atoms with Gasteiger partial charge in [-0.3, -0.25) is 4.90 Å². The van der Waals surface area contributed by atoms with E-state index in [-0.39, 0.29) is 0 Å². The maximum atomic E-state index is 9.61. The first-order valence-corrected chi connectivity index (χ1v) is 7.55. The fraction of sp³-hybridized carbons (Fsp3) is 0.429. The Labute approximate surface area is 126 Å². The standard InChI is InChI=1S/C14H17BrN4O/c15-14-4-3-13(20)6-11(14)7-18-5-1-2-12(8-18)19-10-16-9-17-19/h3-4,6,9-10,12,20H,1-2,5,7-8H2. The molecule has 1 aliphatic heterocycles. The van der Waals surface area contributed by atoms with Gasteiger partial charge in [-0.15, -0.1) is 0 Å². The lowest BCUT2D eigenvalue weighted by Crippen LogP contribution is -2.36. The van der Waals surface area contributed by atoms with Crippen LogP contribution in [0.4, 0.5) is 0 Å². The van der Waals surface area contributed by atoms with Gasteiger partial charge in [0.15, 0.2) is 0 Å². The quantitative estimate of drug-likeness (QED) is 0.935. The molecule has 1 aromatic carbocycles. The van der Waals surface area contributed by atoms with Crippen LogP contribution in [0.1, 0.15) is 24.4 Å². The lowest BCUT2D eigenvalue weighted by molar-refractivity contribution is 0.162. The Morgan fingerprint density at radius 3 is 3.10 bits per heavy atom. The van der Waals surface area contributed by atoms with E-state index >= 15 is 0 Å². The van der Waals surface area contributed by atoms with Crippen molar-refractivity contribution in [1.82, 2.24) is 19.7 Å². The molecular formula is C14H17BrN4O. The van der Waals surface area contributed by atoms with Gasteiger partial charge >= 0.3 is 0 Å². The molecule has 0 saturated carbocycles. The third-order valence-electron chi connectivity index (χ3n) is 3.71. The second kappa shape index (κ2) is 5.93. The molecule has 0 radical (unpaired) electrons. The van der Waals surface area contributed by atoms with Crippen molar-refractivity contribution in [1.29, 1.82) is 0 Å². The summed E-state index contributed by atoms with van der Waals surface area (Å²) in [5.41, 5.74) is 1.12. The molecule has 2 heterocycles. The molecule has 2 aromatic rings. The van der Waals surface area contributed by atoms with Crippen molar-refractivity contribution in [3.8, 4) is 5.75 Å². The van der Waals surface area contributed by atoms with Gasteiger partial charge in [-0.25, -0.2) is 9.67 Å². The van der Waals surface area contributed by atoms with Crippen LogP contribution in [-0.4, -0.2) is 37.9 Å². The second-order valence-electron chi connectivity index (χ2n) is 5.18. The summed E-state index contributed by atoms with van der Waals surface area (Å²) in [6.07, 6.45) is 5.67. The smallest absolute Gasteiger partial charge is 0.137 e. The number of aromatic nitrogens is 3. The minimum Gasteiger partial charge on any atom is -0.508 e. The molecule has 0 aliphatic carbocycles. The van der Waals surface area contributed by atoms with Crippen LogP contribution in [0.3, 0.4) is 0 Å². The number of phenolic OH excluding ortho intramolecular Hbond substituents is 1. The molecule has 1 unspecified atom stereocenters. The van der Waals surface area contributed by atoms with Gasteiger partial charge in [0.05, 0.1) is 6.04 Å². The van der Waals surface area contributed by atoms with E-state index in [9.17, 15) is 5.11 Å². The van der Waals surface area contributed by atoms with Crippen LogP contribution in [0, 0.1) is 0 Å². The van der Waals surface area contributed by atoms with Crippen molar-refractivity contribution < 1.29 is 5.11 Å². The molecule has 6 heteroatoms. The molecule has 0 spiro atoms. The van der Waals surface area contributed by atoms with Crippen molar-refractivity contribution in [2.45, 2.75) is 25.4 Å². The van der Waals surface area contributed by atoms with Crippen molar-refractivity contribution in [2.75, 3.05) is 13.1 Å². The van der Waals surface area contributed by atoms with E-state index in [1.807, 2.05) is 16.8 Å². The molecule has 1 aliphatic rings. The lowest BCUT2D eigenvalue weighted by Gasteiger charge is -2.32. The summed E-state index contributed by atoms with van der Waals surface area (Å²) in [5.74, 6) is 0.313. The summed E-state index contributed by atoms with van der Waals surface area (Å²) < 4.78 is 2.99. The molecule has 1 N–H and O–H groups in total. The fourth-order valence-electron chi connectivity index (χ4n) is 2.72. The number of rotatable bonds is 3. The number of hydrogen-bond donors (Lipinski definition) is 1. The van der Waals surface area contributed by atoms with Gasteiger partial charge in [-0.2, -0.15) is 5.10 Å². The Hall–Kier alpha value is -1.40. The molecule has 0 bridgehead atoms. The molecular weight excluding hydrogens is 320 g/mol. The topological polar surface area (TPSA) is 54.2 Å². The number of phenols is 1. The summed E-state index contributed by atoms with van der Waals surface area (Å²) >= 11 is 3.55. The van der Waals surface area contributed by atoms with Crippen LogP contribution in [0.2, 0.25) is 0 Å². The van der Waals surface area contributed by atoms with Crippen molar-refractivity contribution >= 4 is 15.9 Å². The van der Waals surface area contributed by atoms with E-state index < -0.39 is 0 Å². The van der Waals surface area contributed by atoms with Gasteiger partial charge in [-0.05, 0) is 43.1 Å². The monoisotopic (exact) mass is 336 g/mol. The third kappa shape index (κ3) is 3.02. The number of hydrogen-bond acceptors (Lipinski definition) is 4. The predicted molar refractivity (Wildman–Crippen MR) is 79.4 cm³/mol. The zero-order chi connectivity index (χ0) is 13.9. The second-order valence-corrected chi connectivity index (χ2v) is 6.04. The van der Waals surface area contributed by atoms with Gasteiger partial charge < -0.3 is 5.11 Å². The summed E-state index contributed by atoms with van der Waals surface area (Å²) in [7, 11) is 0. The normalized spacial score (nSPS) is 20.1. The minimum absolute atomic E-state index is 0.313. The Bertz CT molecular complexity index is 573. The number of benzene rings is 1. The average molecular weight is 337 g/mol. The highest BCUT2D eigenvalue weighted by atomic mass is 79.9. The van der Waals surface area contributed by atoms with Gasteiger partial charge in [0, 0.05) is 17.6 Å². The van der Waals surface area contributed by atoms with Crippen LogP contribution in [0.25, 0.3) is 0 Å². The maximum absolute atomic E-state index is 9.61. The van der Waals surface area contributed by atoms with Gasteiger partial charge in [-0.1, -0.05) is 15.9 Å². The SMILES string of the molecule is Oc1ccc(Br)c(CN2CCCC(n3cncn3)C2)c1. The molecule has 1 atom stereocenters. The number of likely N-dealkylation sites (tertiary alicyclic amines) is 1. The summed E-state index contributed by atoms with van der Waals surface area (Å²) in [6.45, 7) is 2.87. The molecule has 20 heavy (non-hydrogen) atoms. The first-order valence-electron chi connectivity index (χ1n) is 6.76. The van der Waals surface area contributed by atoms with Crippen LogP contribution in [0.5, 0.6) is 5.75 Å². The molecule has 5 nitrogen and oxygen atoms in total. The molecule has 0 amide bonds. The number of aromatic hydroxyl groups is 1. The third-order valence-corrected chi connectivity index (χ3v) is 4.49. The maximum Gasteiger partial charge on any atom is 0.137 e. The molecule has 1 saturated heterocycles. The Morgan fingerprint density at radius 1 is 1.40 bits per heavy atom. The Kier molecular flexibility index (Phi) is 4.03. The van der Waals surface area contributed by atoms with E-state index in [4.69, 9.17) is 0 Å². The fourth-order valence-corrected chi connectivity index (χ4v) is 3.09. The largest absolute Gasteiger partial charge is 0.508 e. The highest BCUT2D eigenvalue weighted by Gasteiger charge is 2.22. The highest BCUT2D eigenvalue weighted by molar-refractivity contribution is 9.10. The van der Waals surface area contributed by atoms with Gasteiger partial charge in [0.1, 0.15) is 18.4 Å². The molecule has 1 aromatic heterocycles. The molecule has 3 rings (SSSR count). The van der Waals surface area contributed by atoms with Crippen LogP contribution in [-0.2, 0) is 6.54 Å². The van der Waals surface area contributed by atoms with E-state index in [2.05, 4.69) is 30.9 Å². The first-order chi connectivity index (χ1) is 9.72. The van der Waals surface area contributed by atoms with Gasteiger partial charge in [0.25, 0.3) is 0 Å². The summed E-state index contributed by atoms with van der Waals surface area (Å²) in [4.78, 5) is 6.42. The average Bonchev–Trinajstić information content (AvgIpc) is 2.97. The zero-order valence-corrected chi connectivity index (χ0v) is 12.7. The van der Waals surface area contributed by atoms with Crippen molar-refractivity contribution in [3.05, 3.63) is 40.9 Å². The van der Waals surface area contributed by atoms with Gasteiger partial charge in [0.2, 0.25) is 0 Å². The van der Waals surface area contributed by atoms with E-state index in [0.29, 0.717) is 11.8 Å². The number of nitrogens with zero attached hydrogens (tertiary/aromatic N) is 4. The van der Waals surface area contributed by atoms with Crippen LogP contribution < -0.4 is 0 Å². The Morgan fingerprint density at radius 2 is 2.30 bits per heavy atom. The molecule has 106 valence electrons. The first kappa shape index (κ1) is 13.6. The predicted octanol–water partition coefficient (Wildman–Crippen LogP) is 2.58. The summed E-state index contributed by atoms with van der Waals surface area (Å²) in [5, 5.41) is 13.9. The van der Waals surface area contributed by atoms with Crippen molar-refractivity contribution in [3.63, 3.8) is 0 Å². The van der Waals surface area contributed by atoms with E-state index in [1.165, 1.54) is 0 Å². The highest BCUT2D eigenvalue weighted by Crippen LogP contribution is 2.26.